The van der Waals surface area contributed by atoms with Gasteiger partial charge in [0, 0.05) is 30.2 Å². The number of halogens is 1. The van der Waals surface area contributed by atoms with Crippen LogP contribution >= 0.6 is 27.3 Å². The lowest BCUT2D eigenvalue weighted by atomic mass is 9.95. The van der Waals surface area contributed by atoms with Crippen LogP contribution in [0.2, 0.25) is 0 Å². The SMILES string of the molecule is Brc1ccc(-c2c3ccccc3cc3c2sc2ccccc23)cc1. The molecule has 0 spiro atoms. The van der Waals surface area contributed by atoms with Gasteiger partial charge in [0.25, 0.3) is 0 Å². The molecule has 0 aliphatic heterocycles. The summed E-state index contributed by atoms with van der Waals surface area (Å²) in [5, 5.41) is 5.32. The maximum absolute atomic E-state index is 3.55. The Kier molecular flexibility index (Phi) is 3.22. The molecule has 5 rings (SSSR count). The highest BCUT2D eigenvalue weighted by Gasteiger charge is 2.14. The zero-order chi connectivity index (χ0) is 16.1. The minimum Gasteiger partial charge on any atom is -0.135 e. The van der Waals surface area contributed by atoms with Crippen molar-refractivity contribution in [2.24, 2.45) is 0 Å². The molecule has 1 aromatic heterocycles. The zero-order valence-electron chi connectivity index (χ0n) is 12.8. The second kappa shape index (κ2) is 5.44. The normalized spacial score (nSPS) is 11.5. The standard InChI is InChI=1S/C22H13BrS/c23-16-11-9-14(10-12-16)21-17-6-2-1-5-15(17)13-19-18-7-3-4-8-20(18)24-22(19)21/h1-13H. The highest BCUT2D eigenvalue weighted by molar-refractivity contribution is 9.10. The van der Waals surface area contributed by atoms with Crippen molar-refractivity contribution in [3.05, 3.63) is 83.3 Å². The van der Waals surface area contributed by atoms with Gasteiger partial charge in [-0.2, -0.15) is 0 Å². The van der Waals surface area contributed by atoms with Crippen molar-refractivity contribution in [3.8, 4) is 11.1 Å². The van der Waals surface area contributed by atoms with E-state index in [4.69, 9.17) is 0 Å². The summed E-state index contributed by atoms with van der Waals surface area (Å²) < 4.78 is 3.83. The number of fused-ring (bicyclic) bond motifs is 4. The molecular weight excluding hydrogens is 376 g/mol. The molecule has 0 fully saturated rings. The van der Waals surface area contributed by atoms with Gasteiger partial charge >= 0.3 is 0 Å². The van der Waals surface area contributed by atoms with E-state index in [0.717, 1.165) is 4.47 Å². The van der Waals surface area contributed by atoms with Gasteiger partial charge in [0.2, 0.25) is 0 Å². The number of rotatable bonds is 1. The number of hydrogen-bond acceptors (Lipinski definition) is 1. The van der Waals surface area contributed by atoms with E-state index in [9.17, 15) is 0 Å². The molecule has 0 nitrogen and oxygen atoms in total. The van der Waals surface area contributed by atoms with Crippen molar-refractivity contribution in [3.63, 3.8) is 0 Å². The van der Waals surface area contributed by atoms with Crippen molar-refractivity contribution in [2.45, 2.75) is 0 Å². The van der Waals surface area contributed by atoms with Crippen molar-refractivity contribution >= 4 is 58.2 Å². The van der Waals surface area contributed by atoms with Crippen LogP contribution in [0.1, 0.15) is 0 Å². The molecule has 0 unspecified atom stereocenters. The lowest BCUT2D eigenvalue weighted by molar-refractivity contribution is 1.64. The van der Waals surface area contributed by atoms with Gasteiger partial charge < -0.3 is 0 Å². The molecule has 0 saturated heterocycles. The molecule has 1 heterocycles. The molecule has 0 N–H and O–H groups in total. The smallest absolute Gasteiger partial charge is 0.0440 e. The van der Waals surface area contributed by atoms with Crippen molar-refractivity contribution in [1.82, 2.24) is 0 Å². The highest BCUT2D eigenvalue weighted by atomic mass is 79.9. The Labute approximate surface area is 152 Å². The van der Waals surface area contributed by atoms with E-state index in [1.807, 2.05) is 11.3 Å². The van der Waals surface area contributed by atoms with Gasteiger partial charge in [-0.1, -0.05) is 70.5 Å². The molecule has 24 heavy (non-hydrogen) atoms. The fourth-order valence-corrected chi connectivity index (χ4v) is 4.95. The first-order valence-corrected chi connectivity index (χ1v) is 9.51. The lowest BCUT2D eigenvalue weighted by Crippen LogP contribution is -1.82. The van der Waals surface area contributed by atoms with Crippen LogP contribution in [0.3, 0.4) is 0 Å². The zero-order valence-corrected chi connectivity index (χ0v) is 15.2. The molecular formula is C22H13BrS. The van der Waals surface area contributed by atoms with Gasteiger partial charge in [0.05, 0.1) is 0 Å². The Morgan fingerprint density at radius 3 is 2.21 bits per heavy atom. The van der Waals surface area contributed by atoms with Crippen LogP contribution in [0, 0.1) is 0 Å². The third-order valence-corrected chi connectivity index (χ3v) is 6.26. The summed E-state index contributed by atoms with van der Waals surface area (Å²) in [6, 6.07) is 28.4. The number of thiophene rings is 1. The van der Waals surface area contributed by atoms with Gasteiger partial charge in [-0.25, -0.2) is 0 Å². The summed E-state index contributed by atoms with van der Waals surface area (Å²) in [7, 11) is 0. The fraction of sp³-hybridized carbons (Fsp3) is 0. The molecule has 5 aromatic rings. The van der Waals surface area contributed by atoms with Gasteiger partial charge in [0.1, 0.15) is 0 Å². The lowest BCUT2D eigenvalue weighted by Gasteiger charge is -2.09. The monoisotopic (exact) mass is 388 g/mol. The first-order valence-electron chi connectivity index (χ1n) is 7.90. The summed E-state index contributed by atoms with van der Waals surface area (Å²) in [6.07, 6.45) is 0. The molecule has 2 heteroatoms. The van der Waals surface area contributed by atoms with Gasteiger partial charge in [-0.3, -0.25) is 0 Å². The van der Waals surface area contributed by atoms with Crippen LogP contribution in [0.15, 0.2) is 83.3 Å². The molecule has 0 bridgehead atoms. The average molecular weight is 389 g/mol. The molecule has 0 aliphatic rings. The Bertz CT molecular complexity index is 1200. The maximum Gasteiger partial charge on any atom is 0.0440 e. The quantitative estimate of drug-likeness (QED) is 0.276. The maximum atomic E-state index is 3.55. The van der Waals surface area contributed by atoms with E-state index in [0.29, 0.717) is 0 Å². The van der Waals surface area contributed by atoms with Crippen LogP contribution in [-0.2, 0) is 0 Å². The summed E-state index contributed by atoms with van der Waals surface area (Å²) >= 11 is 5.44. The van der Waals surface area contributed by atoms with E-state index in [2.05, 4.69) is 94.8 Å². The first-order chi connectivity index (χ1) is 11.8. The molecule has 0 atom stereocenters. The van der Waals surface area contributed by atoms with Crippen LogP contribution in [0.5, 0.6) is 0 Å². The summed E-state index contributed by atoms with van der Waals surface area (Å²) in [6.45, 7) is 0. The van der Waals surface area contributed by atoms with Crippen LogP contribution in [0.25, 0.3) is 42.1 Å². The van der Waals surface area contributed by atoms with Crippen LogP contribution in [-0.4, -0.2) is 0 Å². The molecule has 0 radical (unpaired) electrons. The van der Waals surface area contributed by atoms with E-state index in [1.54, 1.807) is 0 Å². The van der Waals surface area contributed by atoms with E-state index >= 15 is 0 Å². The molecule has 0 aliphatic carbocycles. The molecule has 0 amide bonds. The summed E-state index contributed by atoms with van der Waals surface area (Å²) in [4.78, 5) is 0. The van der Waals surface area contributed by atoms with Crippen LogP contribution < -0.4 is 0 Å². The summed E-state index contributed by atoms with van der Waals surface area (Å²) in [5.74, 6) is 0. The van der Waals surface area contributed by atoms with E-state index in [-0.39, 0.29) is 0 Å². The first kappa shape index (κ1) is 14.2. The van der Waals surface area contributed by atoms with Gasteiger partial charge in [-0.05, 0) is 40.6 Å². The molecule has 114 valence electrons. The van der Waals surface area contributed by atoms with E-state index < -0.39 is 0 Å². The Balaban J connectivity index is 2.02. The Morgan fingerprint density at radius 2 is 1.38 bits per heavy atom. The van der Waals surface area contributed by atoms with Crippen molar-refractivity contribution < 1.29 is 0 Å². The second-order valence-corrected chi connectivity index (χ2v) is 7.92. The third kappa shape index (κ3) is 2.10. The average Bonchev–Trinajstić information content (AvgIpc) is 2.99. The largest absolute Gasteiger partial charge is 0.135 e. The van der Waals surface area contributed by atoms with Crippen LogP contribution in [0.4, 0.5) is 0 Å². The predicted molar refractivity (Wildman–Crippen MR) is 110 cm³/mol. The number of hydrogen-bond donors (Lipinski definition) is 0. The van der Waals surface area contributed by atoms with Gasteiger partial charge in [0.15, 0.2) is 0 Å². The minimum atomic E-state index is 1.11. The topological polar surface area (TPSA) is 0 Å². The number of benzene rings is 4. The Morgan fingerprint density at radius 1 is 0.667 bits per heavy atom. The second-order valence-electron chi connectivity index (χ2n) is 5.95. The van der Waals surface area contributed by atoms with Gasteiger partial charge in [-0.15, -0.1) is 11.3 Å². The summed E-state index contributed by atoms with van der Waals surface area (Å²) in [5.41, 5.74) is 2.61. The van der Waals surface area contributed by atoms with E-state index in [1.165, 1.54) is 42.1 Å². The van der Waals surface area contributed by atoms with Crippen molar-refractivity contribution in [1.29, 1.82) is 0 Å². The molecule has 4 aromatic carbocycles. The molecule has 0 saturated carbocycles. The highest BCUT2D eigenvalue weighted by Crippen LogP contribution is 2.44. The third-order valence-electron chi connectivity index (χ3n) is 4.52. The minimum absolute atomic E-state index is 1.11. The van der Waals surface area contributed by atoms with Crippen molar-refractivity contribution in [2.75, 3.05) is 0 Å². The predicted octanol–water partition coefficient (Wildman–Crippen LogP) is 7.64. The fourth-order valence-electron chi connectivity index (χ4n) is 3.43. The Hall–Kier alpha value is -2.16.